The molecule has 1 unspecified atom stereocenters. The Morgan fingerprint density at radius 2 is 2.04 bits per heavy atom. The lowest BCUT2D eigenvalue weighted by atomic mass is 9.97. The molecule has 6 heteroatoms. The van der Waals surface area contributed by atoms with Crippen molar-refractivity contribution in [3.05, 3.63) is 57.5 Å². The van der Waals surface area contributed by atoms with Gasteiger partial charge in [0.25, 0.3) is 5.56 Å². The van der Waals surface area contributed by atoms with Gasteiger partial charge in [-0.15, -0.1) is 0 Å². The number of aromatic nitrogens is 2. The number of thioether (sulfide) groups is 1. The quantitative estimate of drug-likeness (QED) is 0.615. The van der Waals surface area contributed by atoms with Crippen molar-refractivity contribution in [2.24, 2.45) is 0 Å². The van der Waals surface area contributed by atoms with Gasteiger partial charge in [-0.3, -0.25) is 9.59 Å². The minimum atomic E-state index is -0.305. The van der Waals surface area contributed by atoms with Crippen LogP contribution in [0.25, 0.3) is 0 Å². The van der Waals surface area contributed by atoms with Crippen LogP contribution in [0.1, 0.15) is 36.6 Å². The summed E-state index contributed by atoms with van der Waals surface area (Å²) < 4.78 is 0. The van der Waals surface area contributed by atoms with E-state index < -0.39 is 0 Å². The van der Waals surface area contributed by atoms with Gasteiger partial charge in [-0.1, -0.05) is 42.1 Å². The molecule has 2 aromatic rings. The summed E-state index contributed by atoms with van der Waals surface area (Å²) in [6.07, 6.45) is 4.58. The van der Waals surface area contributed by atoms with Gasteiger partial charge in [0.15, 0.2) is 5.16 Å². The number of aromatic amines is 1. The van der Waals surface area contributed by atoms with Gasteiger partial charge in [0.2, 0.25) is 5.91 Å². The summed E-state index contributed by atoms with van der Waals surface area (Å²) in [5, 5.41) is 3.18. The summed E-state index contributed by atoms with van der Waals surface area (Å²) in [5.41, 5.74) is 2.86. The molecule has 0 radical (unpaired) electrons. The van der Waals surface area contributed by atoms with Gasteiger partial charge < -0.3 is 10.3 Å². The van der Waals surface area contributed by atoms with Crippen molar-refractivity contribution >= 4 is 17.7 Å². The zero-order valence-electron chi connectivity index (χ0n) is 14.4. The molecule has 1 aliphatic rings. The van der Waals surface area contributed by atoms with Crippen LogP contribution in [0, 0.1) is 0 Å². The second kappa shape index (κ2) is 8.34. The molecule has 132 valence electrons. The molecule has 0 spiro atoms. The van der Waals surface area contributed by atoms with Crippen LogP contribution < -0.4 is 10.9 Å². The van der Waals surface area contributed by atoms with E-state index in [0.717, 1.165) is 43.4 Å². The standard InChI is InChI=1S/C19H23N3O2S/c1-13(17(23)20-12-11-14-7-3-2-4-8-14)25-19-21-16-10-6-5-9-15(16)18(24)22-19/h2-4,7-8,13H,5-6,9-12H2,1H3,(H,20,23)(H,21,22,24). The highest BCUT2D eigenvalue weighted by Crippen LogP contribution is 2.22. The van der Waals surface area contributed by atoms with E-state index in [1.165, 1.54) is 17.3 Å². The van der Waals surface area contributed by atoms with Gasteiger partial charge in [0, 0.05) is 12.1 Å². The van der Waals surface area contributed by atoms with E-state index >= 15 is 0 Å². The lowest BCUT2D eigenvalue weighted by Gasteiger charge is -2.16. The molecule has 1 heterocycles. The largest absolute Gasteiger partial charge is 0.355 e. The van der Waals surface area contributed by atoms with Crippen LogP contribution in [0.3, 0.4) is 0 Å². The number of carbonyl (C=O) groups is 1. The third kappa shape index (κ3) is 4.72. The van der Waals surface area contributed by atoms with Crippen molar-refractivity contribution in [2.45, 2.75) is 49.4 Å². The van der Waals surface area contributed by atoms with E-state index in [-0.39, 0.29) is 16.7 Å². The van der Waals surface area contributed by atoms with Crippen molar-refractivity contribution in [3.8, 4) is 0 Å². The molecule has 2 N–H and O–H groups in total. The highest BCUT2D eigenvalue weighted by Gasteiger charge is 2.19. The normalized spacial score (nSPS) is 14.6. The first-order chi connectivity index (χ1) is 12.1. The number of benzene rings is 1. The monoisotopic (exact) mass is 357 g/mol. The molecule has 0 bridgehead atoms. The first kappa shape index (κ1) is 17.7. The Morgan fingerprint density at radius 1 is 1.28 bits per heavy atom. The fraction of sp³-hybridized carbons (Fsp3) is 0.421. The van der Waals surface area contributed by atoms with E-state index in [1.807, 2.05) is 37.3 Å². The topological polar surface area (TPSA) is 74.8 Å². The second-order valence-corrected chi connectivity index (χ2v) is 7.62. The Bertz CT molecular complexity index is 789. The molecule has 1 aromatic heterocycles. The molecule has 1 atom stereocenters. The molecule has 0 aliphatic heterocycles. The molecule has 0 saturated heterocycles. The number of H-pyrrole nitrogens is 1. The number of fused-ring (bicyclic) bond motifs is 1. The maximum atomic E-state index is 12.3. The number of nitrogens with zero attached hydrogens (tertiary/aromatic N) is 1. The Balaban J connectivity index is 1.54. The number of hydrogen-bond donors (Lipinski definition) is 2. The zero-order valence-corrected chi connectivity index (χ0v) is 15.2. The Kier molecular flexibility index (Phi) is 5.91. The van der Waals surface area contributed by atoms with Crippen LogP contribution in [0.15, 0.2) is 40.3 Å². The summed E-state index contributed by atoms with van der Waals surface area (Å²) in [7, 11) is 0. The maximum absolute atomic E-state index is 12.3. The van der Waals surface area contributed by atoms with Crippen LogP contribution in [0.4, 0.5) is 0 Å². The lowest BCUT2D eigenvalue weighted by Crippen LogP contribution is -2.33. The number of amides is 1. The van der Waals surface area contributed by atoms with Crippen LogP contribution in [-0.2, 0) is 24.1 Å². The van der Waals surface area contributed by atoms with E-state index in [2.05, 4.69) is 15.3 Å². The number of hydrogen-bond acceptors (Lipinski definition) is 4. The summed E-state index contributed by atoms with van der Waals surface area (Å²) in [4.78, 5) is 31.8. The van der Waals surface area contributed by atoms with Crippen LogP contribution in [0.2, 0.25) is 0 Å². The number of rotatable bonds is 6. The van der Waals surface area contributed by atoms with Crippen LogP contribution in [0.5, 0.6) is 0 Å². The number of carbonyl (C=O) groups excluding carboxylic acids is 1. The molecule has 1 amide bonds. The molecule has 0 fully saturated rings. The summed E-state index contributed by atoms with van der Waals surface area (Å²) in [6.45, 7) is 2.43. The molecule has 3 rings (SSSR count). The van der Waals surface area contributed by atoms with Gasteiger partial charge in [0.1, 0.15) is 0 Å². The van der Waals surface area contributed by atoms with Crippen molar-refractivity contribution in [1.29, 1.82) is 0 Å². The van der Waals surface area contributed by atoms with Gasteiger partial charge in [0.05, 0.1) is 10.9 Å². The van der Waals surface area contributed by atoms with Crippen molar-refractivity contribution < 1.29 is 4.79 Å². The molecule has 1 aromatic carbocycles. The molecule has 1 aliphatic carbocycles. The van der Waals surface area contributed by atoms with E-state index in [9.17, 15) is 9.59 Å². The van der Waals surface area contributed by atoms with Crippen molar-refractivity contribution in [1.82, 2.24) is 15.3 Å². The van der Waals surface area contributed by atoms with E-state index in [4.69, 9.17) is 0 Å². The smallest absolute Gasteiger partial charge is 0.254 e. The SMILES string of the molecule is CC(Sc1nc2c(c(=O)[nH]1)CCCC2)C(=O)NCCc1ccccc1. The maximum Gasteiger partial charge on any atom is 0.254 e. The van der Waals surface area contributed by atoms with Crippen LogP contribution >= 0.6 is 11.8 Å². The predicted octanol–water partition coefficient (Wildman–Crippen LogP) is 2.49. The van der Waals surface area contributed by atoms with Gasteiger partial charge >= 0.3 is 0 Å². The first-order valence-corrected chi connectivity index (χ1v) is 9.62. The second-order valence-electron chi connectivity index (χ2n) is 6.29. The number of nitrogens with one attached hydrogen (secondary N) is 2. The van der Waals surface area contributed by atoms with E-state index in [0.29, 0.717) is 11.7 Å². The lowest BCUT2D eigenvalue weighted by molar-refractivity contribution is -0.120. The highest BCUT2D eigenvalue weighted by molar-refractivity contribution is 8.00. The minimum absolute atomic E-state index is 0.0405. The highest BCUT2D eigenvalue weighted by atomic mass is 32.2. The molecule has 25 heavy (non-hydrogen) atoms. The van der Waals surface area contributed by atoms with Crippen molar-refractivity contribution in [2.75, 3.05) is 6.54 Å². The summed E-state index contributed by atoms with van der Waals surface area (Å²) in [5.74, 6) is -0.0405. The average Bonchev–Trinajstić information content (AvgIpc) is 2.62. The van der Waals surface area contributed by atoms with Gasteiger partial charge in [-0.2, -0.15) is 0 Å². The molecule has 5 nitrogen and oxygen atoms in total. The van der Waals surface area contributed by atoms with Crippen molar-refractivity contribution in [3.63, 3.8) is 0 Å². The minimum Gasteiger partial charge on any atom is -0.355 e. The third-order valence-corrected chi connectivity index (χ3v) is 5.37. The summed E-state index contributed by atoms with van der Waals surface area (Å²) >= 11 is 1.31. The average molecular weight is 357 g/mol. The fourth-order valence-corrected chi connectivity index (χ4v) is 3.82. The Morgan fingerprint density at radius 3 is 2.84 bits per heavy atom. The number of aryl methyl sites for hydroxylation is 1. The Hall–Kier alpha value is -2.08. The van der Waals surface area contributed by atoms with E-state index in [1.54, 1.807) is 0 Å². The third-order valence-electron chi connectivity index (χ3n) is 4.38. The summed E-state index contributed by atoms with van der Waals surface area (Å²) in [6, 6.07) is 10.1. The molecular formula is C19H23N3O2S. The van der Waals surface area contributed by atoms with Gasteiger partial charge in [-0.25, -0.2) is 4.98 Å². The molecule has 0 saturated carbocycles. The predicted molar refractivity (Wildman–Crippen MR) is 100.0 cm³/mol. The van der Waals surface area contributed by atoms with Crippen LogP contribution in [-0.4, -0.2) is 27.7 Å². The Labute approximate surface area is 151 Å². The zero-order chi connectivity index (χ0) is 17.6. The fourth-order valence-electron chi connectivity index (χ4n) is 2.98. The molecular weight excluding hydrogens is 334 g/mol. The van der Waals surface area contributed by atoms with Gasteiger partial charge in [-0.05, 0) is 44.6 Å². The first-order valence-electron chi connectivity index (χ1n) is 8.74.